The molecular formula is C22H13Cl2N3O2S. The van der Waals surface area contributed by atoms with E-state index < -0.39 is 0 Å². The standard InChI is InChI=1S/C22H13Cl2N3O2S/c1-11-5-6-16-14(7-11)20-15(21(24)25-16)9-18(30-20)22(28)26-19-10-17(27-29-19)12-3-2-4-13(23)8-12/h2-10H,1H3,(H,26,28). The fraction of sp³-hybridized carbons (Fsp3) is 0.0455. The molecule has 0 fully saturated rings. The molecular weight excluding hydrogens is 441 g/mol. The third-order valence-electron chi connectivity index (χ3n) is 4.66. The zero-order valence-electron chi connectivity index (χ0n) is 15.6. The van der Waals surface area contributed by atoms with Crippen LogP contribution in [0.15, 0.2) is 59.1 Å². The molecule has 148 valence electrons. The van der Waals surface area contributed by atoms with Crippen LogP contribution in [0.3, 0.4) is 0 Å². The number of benzene rings is 2. The zero-order chi connectivity index (χ0) is 20.8. The molecule has 8 heteroatoms. The minimum atomic E-state index is -0.304. The van der Waals surface area contributed by atoms with Gasteiger partial charge in [0.1, 0.15) is 10.8 Å². The monoisotopic (exact) mass is 453 g/mol. The molecule has 0 aliphatic heterocycles. The number of anilines is 1. The molecule has 0 saturated carbocycles. The molecule has 3 heterocycles. The van der Waals surface area contributed by atoms with Gasteiger partial charge in [0.05, 0.1) is 10.4 Å². The van der Waals surface area contributed by atoms with Crippen molar-refractivity contribution in [2.75, 3.05) is 5.32 Å². The number of nitrogens with one attached hydrogen (secondary N) is 1. The summed E-state index contributed by atoms with van der Waals surface area (Å²) in [7, 11) is 0. The molecule has 0 saturated heterocycles. The number of hydrogen-bond donors (Lipinski definition) is 1. The number of aryl methyl sites for hydroxylation is 1. The van der Waals surface area contributed by atoms with Crippen molar-refractivity contribution in [2.45, 2.75) is 6.92 Å². The first-order chi connectivity index (χ1) is 14.5. The smallest absolute Gasteiger partial charge is 0.268 e. The number of halogens is 2. The minimum Gasteiger partial charge on any atom is -0.338 e. The van der Waals surface area contributed by atoms with E-state index in [9.17, 15) is 4.79 Å². The SMILES string of the molecule is Cc1ccc2nc(Cl)c3cc(C(=O)Nc4cc(-c5cccc(Cl)c5)no4)sc3c2c1. The molecule has 0 spiro atoms. The van der Waals surface area contributed by atoms with Gasteiger partial charge in [-0.3, -0.25) is 10.1 Å². The number of rotatable bonds is 3. The van der Waals surface area contributed by atoms with Crippen molar-refractivity contribution in [3.63, 3.8) is 0 Å². The van der Waals surface area contributed by atoms with Gasteiger partial charge in [0, 0.05) is 32.1 Å². The maximum atomic E-state index is 12.8. The summed E-state index contributed by atoms with van der Waals surface area (Å²) >= 11 is 13.8. The second-order valence-electron chi connectivity index (χ2n) is 6.82. The molecule has 0 atom stereocenters. The summed E-state index contributed by atoms with van der Waals surface area (Å²) < 4.78 is 6.20. The van der Waals surface area contributed by atoms with Crippen molar-refractivity contribution >= 4 is 67.3 Å². The highest BCUT2D eigenvalue weighted by atomic mass is 35.5. The first-order valence-corrected chi connectivity index (χ1v) is 10.6. The van der Waals surface area contributed by atoms with Gasteiger partial charge in [-0.2, -0.15) is 0 Å². The topological polar surface area (TPSA) is 68.0 Å². The van der Waals surface area contributed by atoms with E-state index in [2.05, 4.69) is 15.5 Å². The number of amides is 1. The predicted octanol–water partition coefficient (Wildman–Crippen LogP) is 6.97. The van der Waals surface area contributed by atoms with Crippen LogP contribution in [0.5, 0.6) is 0 Å². The minimum absolute atomic E-state index is 0.248. The second kappa shape index (κ2) is 7.40. The average Bonchev–Trinajstić information content (AvgIpc) is 3.37. The Kier molecular flexibility index (Phi) is 4.70. The van der Waals surface area contributed by atoms with Crippen molar-refractivity contribution in [2.24, 2.45) is 0 Å². The summed E-state index contributed by atoms with van der Waals surface area (Å²) in [6.45, 7) is 2.02. The molecule has 1 amide bonds. The summed E-state index contributed by atoms with van der Waals surface area (Å²) in [5.41, 5.74) is 3.29. The van der Waals surface area contributed by atoms with Crippen molar-refractivity contribution in [1.29, 1.82) is 0 Å². The third kappa shape index (κ3) is 3.43. The molecule has 0 aliphatic rings. The fourth-order valence-electron chi connectivity index (χ4n) is 3.24. The van der Waals surface area contributed by atoms with Crippen LogP contribution in [0.2, 0.25) is 10.2 Å². The molecule has 2 aromatic carbocycles. The quantitative estimate of drug-likeness (QED) is 0.299. The van der Waals surface area contributed by atoms with Crippen molar-refractivity contribution < 1.29 is 9.32 Å². The number of carbonyl (C=O) groups excluding carboxylic acids is 1. The molecule has 1 N–H and O–H groups in total. The van der Waals surface area contributed by atoms with E-state index >= 15 is 0 Å². The van der Waals surface area contributed by atoms with E-state index in [1.165, 1.54) is 11.3 Å². The van der Waals surface area contributed by atoms with E-state index in [-0.39, 0.29) is 11.8 Å². The molecule has 3 aromatic heterocycles. The maximum Gasteiger partial charge on any atom is 0.268 e. The average molecular weight is 454 g/mol. The van der Waals surface area contributed by atoms with Crippen LogP contribution >= 0.6 is 34.5 Å². The third-order valence-corrected chi connectivity index (χ3v) is 6.35. The maximum absolute atomic E-state index is 12.8. The van der Waals surface area contributed by atoms with Gasteiger partial charge in [-0.05, 0) is 37.3 Å². The number of pyridine rings is 1. The lowest BCUT2D eigenvalue weighted by atomic mass is 10.1. The van der Waals surface area contributed by atoms with Gasteiger partial charge in [-0.1, -0.05) is 52.1 Å². The van der Waals surface area contributed by atoms with Gasteiger partial charge in [0.2, 0.25) is 5.88 Å². The Morgan fingerprint density at radius 3 is 2.77 bits per heavy atom. The second-order valence-corrected chi connectivity index (χ2v) is 8.66. The first kappa shape index (κ1) is 19.1. The van der Waals surface area contributed by atoms with E-state index in [0.29, 0.717) is 20.7 Å². The van der Waals surface area contributed by atoms with Crippen LogP contribution in [-0.4, -0.2) is 16.0 Å². The lowest BCUT2D eigenvalue weighted by Crippen LogP contribution is -2.09. The molecule has 0 aliphatic carbocycles. The number of fused-ring (bicyclic) bond motifs is 3. The fourth-order valence-corrected chi connectivity index (χ4v) is 4.81. The summed E-state index contributed by atoms with van der Waals surface area (Å²) in [6.07, 6.45) is 0. The van der Waals surface area contributed by atoms with Crippen molar-refractivity contribution in [3.8, 4) is 11.3 Å². The summed E-state index contributed by atoms with van der Waals surface area (Å²) in [6, 6.07) is 16.6. The lowest BCUT2D eigenvalue weighted by Gasteiger charge is -2.01. The Balaban J connectivity index is 1.47. The molecule has 0 unspecified atom stereocenters. The van der Waals surface area contributed by atoms with Crippen LogP contribution < -0.4 is 5.32 Å². The zero-order valence-corrected chi connectivity index (χ0v) is 17.9. The molecule has 5 nitrogen and oxygen atoms in total. The van der Waals surface area contributed by atoms with E-state index in [1.807, 2.05) is 37.3 Å². The van der Waals surface area contributed by atoms with Gasteiger partial charge in [-0.25, -0.2) is 4.98 Å². The highest BCUT2D eigenvalue weighted by molar-refractivity contribution is 7.22. The molecule has 30 heavy (non-hydrogen) atoms. The van der Waals surface area contributed by atoms with Gasteiger partial charge < -0.3 is 4.52 Å². The predicted molar refractivity (Wildman–Crippen MR) is 122 cm³/mol. The normalized spacial score (nSPS) is 11.3. The molecule has 5 rings (SSSR count). The Bertz CT molecular complexity index is 1440. The lowest BCUT2D eigenvalue weighted by molar-refractivity contribution is 0.102. The van der Waals surface area contributed by atoms with Crippen molar-refractivity contribution in [3.05, 3.63) is 75.2 Å². The Hall–Kier alpha value is -2.93. The molecule has 0 bridgehead atoms. The number of nitrogens with zero attached hydrogens (tertiary/aromatic N) is 2. The largest absolute Gasteiger partial charge is 0.338 e. The molecule has 5 aromatic rings. The van der Waals surface area contributed by atoms with E-state index in [1.54, 1.807) is 24.3 Å². The van der Waals surface area contributed by atoms with Crippen LogP contribution in [0, 0.1) is 6.92 Å². The number of thiophene rings is 1. The first-order valence-electron chi connectivity index (χ1n) is 9.01. The number of carbonyl (C=O) groups is 1. The van der Waals surface area contributed by atoms with Crippen LogP contribution in [0.25, 0.3) is 32.2 Å². The van der Waals surface area contributed by atoms with Crippen molar-refractivity contribution in [1.82, 2.24) is 10.1 Å². The number of hydrogen-bond acceptors (Lipinski definition) is 5. The Labute approximate surface area is 185 Å². The van der Waals surface area contributed by atoms with Crippen LogP contribution in [0.4, 0.5) is 5.88 Å². The van der Waals surface area contributed by atoms with Crippen LogP contribution in [-0.2, 0) is 0 Å². The van der Waals surface area contributed by atoms with Gasteiger partial charge >= 0.3 is 0 Å². The number of aromatic nitrogens is 2. The highest BCUT2D eigenvalue weighted by Crippen LogP contribution is 2.36. The van der Waals surface area contributed by atoms with Gasteiger partial charge in [0.25, 0.3) is 5.91 Å². The summed E-state index contributed by atoms with van der Waals surface area (Å²) in [5, 5.41) is 9.45. The van der Waals surface area contributed by atoms with Gasteiger partial charge in [-0.15, -0.1) is 11.3 Å². The highest BCUT2D eigenvalue weighted by Gasteiger charge is 2.17. The van der Waals surface area contributed by atoms with Crippen LogP contribution in [0.1, 0.15) is 15.2 Å². The van der Waals surface area contributed by atoms with E-state index in [0.717, 1.165) is 32.1 Å². The van der Waals surface area contributed by atoms with Gasteiger partial charge in [0.15, 0.2) is 0 Å². The summed E-state index contributed by atoms with van der Waals surface area (Å²) in [4.78, 5) is 17.8. The molecule has 0 radical (unpaired) electrons. The summed E-state index contributed by atoms with van der Waals surface area (Å²) in [5.74, 6) is -0.0563. The van der Waals surface area contributed by atoms with E-state index in [4.69, 9.17) is 27.7 Å². The Morgan fingerprint density at radius 2 is 1.93 bits per heavy atom. The Morgan fingerprint density at radius 1 is 1.07 bits per heavy atom.